The summed E-state index contributed by atoms with van der Waals surface area (Å²) in [7, 11) is 1.96. The Balaban J connectivity index is 2.18. The van der Waals surface area contributed by atoms with Crippen LogP contribution in [-0.2, 0) is 6.42 Å². The van der Waals surface area contributed by atoms with Crippen LogP contribution < -0.4 is 10.6 Å². The first-order valence-electron chi connectivity index (χ1n) is 6.58. The molecule has 1 heterocycles. The molecule has 0 bridgehead atoms. The topological polar surface area (TPSA) is 75.3 Å². The second kappa shape index (κ2) is 5.10. The molecule has 0 saturated heterocycles. The smallest absolute Gasteiger partial charge is 0.137 e. The van der Waals surface area contributed by atoms with Crippen molar-refractivity contribution in [3.05, 3.63) is 11.9 Å². The largest absolute Gasteiger partial charge is 0.388 e. The van der Waals surface area contributed by atoms with Gasteiger partial charge in [-0.15, -0.1) is 0 Å². The lowest BCUT2D eigenvalue weighted by molar-refractivity contribution is 0.0557. The molecule has 0 aromatic carbocycles. The third-order valence-electron chi connectivity index (χ3n) is 3.74. The quantitative estimate of drug-likeness (QED) is 0.844. The van der Waals surface area contributed by atoms with Gasteiger partial charge in [-0.05, 0) is 19.3 Å². The SMILES string of the molecule is CCc1c(N)ncnc1N(C)CC1(O)CCCC1. The van der Waals surface area contributed by atoms with Crippen molar-refractivity contribution in [3.63, 3.8) is 0 Å². The maximum atomic E-state index is 10.4. The Bertz CT molecular complexity index is 415. The summed E-state index contributed by atoms with van der Waals surface area (Å²) >= 11 is 0. The van der Waals surface area contributed by atoms with E-state index in [-0.39, 0.29) is 0 Å². The van der Waals surface area contributed by atoms with E-state index < -0.39 is 5.60 Å². The van der Waals surface area contributed by atoms with Gasteiger partial charge in [0.2, 0.25) is 0 Å². The zero-order chi connectivity index (χ0) is 13.2. The predicted molar refractivity (Wildman–Crippen MR) is 72.5 cm³/mol. The number of aromatic nitrogens is 2. The molecule has 18 heavy (non-hydrogen) atoms. The third-order valence-corrected chi connectivity index (χ3v) is 3.74. The Morgan fingerprint density at radius 1 is 1.39 bits per heavy atom. The first kappa shape index (κ1) is 13.1. The van der Waals surface area contributed by atoms with Crippen molar-refractivity contribution in [2.24, 2.45) is 0 Å². The minimum atomic E-state index is -0.570. The molecular formula is C13H22N4O. The van der Waals surface area contributed by atoms with Crippen molar-refractivity contribution in [2.75, 3.05) is 24.2 Å². The maximum Gasteiger partial charge on any atom is 0.137 e. The summed E-state index contributed by atoms with van der Waals surface area (Å²) in [4.78, 5) is 10.3. The van der Waals surface area contributed by atoms with E-state index in [0.29, 0.717) is 12.4 Å². The van der Waals surface area contributed by atoms with Gasteiger partial charge < -0.3 is 15.7 Å². The molecule has 1 aromatic rings. The van der Waals surface area contributed by atoms with Crippen molar-refractivity contribution in [1.29, 1.82) is 0 Å². The molecule has 1 aliphatic carbocycles. The van der Waals surface area contributed by atoms with Crippen LogP contribution in [0.2, 0.25) is 0 Å². The summed E-state index contributed by atoms with van der Waals surface area (Å²) < 4.78 is 0. The van der Waals surface area contributed by atoms with Gasteiger partial charge in [0.1, 0.15) is 18.0 Å². The highest BCUT2D eigenvalue weighted by molar-refractivity contribution is 5.56. The summed E-state index contributed by atoms with van der Waals surface area (Å²) in [5.41, 5.74) is 6.26. The van der Waals surface area contributed by atoms with Gasteiger partial charge in [0.25, 0.3) is 0 Å². The molecule has 5 heteroatoms. The first-order chi connectivity index (χ1) is 8.56. The second-order valence-corrected chi connectivity index (χ2v) is 5.20. The minimum Gasteiger partial charge on any atom is -0.388 e. The number of rotatable bonds is 4. The molecule has 0 spiro atoms. The minimum absolute atomic E-state index is 0.535. The average molecular weight is 250 g/mol. The number of nitrogens with zero attached hydrogens (tertiary/aromatic N) is 3. The lowest BCUT2D eigenvalue weighted by atomic mass is 10.0. The predicted octanol–water partition coefficient (Wildman–Crippen LogP) is 1.36. The number of likely N-dealkylation sites (N-methyl/N-ethyl adjacent to an activating group) is 1. The van der Waals surface area contributed by atoms with E-state index in [4.69, 9.17) is 5.73 Å². The Labute approximate surface area is 108 Å². The van der Waals surface area contributed by atoms with Crippen LogP contribution in [0.15, 0.2) is 6.33 Å². The van der Waals surface area contributed by atoms with Crippen molar-refractivity contribution >= 4 is 11.6 Å². The number of hydrogen-bond donors (Lipinski definition) is 2. The lowest BCUT2D eigenvalue weighted by Crippen LogP contribution is -2.40. The molecule has 2 rings (SSSR count). The molecule has 0 aliphatic heterocycles. The molecule has 5 nitrogen and oxygen atoms in total. The second-order valence-electron chi connectivity index (χ2n) is 5.20. The summed E-state index contributed by atoms with van der Waals surface area (Å²) in [5.74, 6) is 1.37. The van der Waals surface area contributed by atoms with Crippen molar-refractivity contribution < 1.29 is 5.11 Å². The molecule has 0 atom stereocenters. The average Bonchev–Trinajstić information content (AvgIpc) is 2.75. The van der Waals surface area contributed by atoms with Gasteiger partial charge in [0.05, 0.1) is 5.60 Å². The monoisotopic (exact) mass is 250 g/mol. The third kappa shape index (κ3) is 2.56. The van der Waals surface area contributed by atoms with Gasteiger partial charge in [-0.2, -0.15) is 0 Å². The molecule has 1 aromatic heterocycles. The highest BCUT2D eigenvalue weighted by Gasteiger charge is 2.33. The zero-order valence-electron chi connectivity index (χ0n) is 11.2. The fraction of sp³-hybridized carbons (Fsp3) is 0.692. The molecule has 0 amide bonds. The molecule has 3 N–H and O–H groups in total. The highest BCUT2D eigenvalue weighted by Crippen LogP contribution is 2.31. The Hall–Kier alpha value is -1.36. The van der Waals surface area contributed by atoms with Crippen LogP contribution in [0.5, 0.6) is 0 Å². The van der Waals surface area contributed by atoms with Crippen LogP contribution in [0.1, 0.15) is 38.2 Å². The number of hydrogen-bond acceptors (Lipinski definition) is 5. The Kier molecular flexibility index (Phi) is 3.71. The van der Waals surface area contributed by atoms with Crippen LogP contribution in [0.4, 0.5) is 11.6 Å². The van der Waals surface area contributed by atoms with Crippen LogP contribution in [-0.4, -0.2) is 34.3 Å². The zero-order valence-corrected chi connectivity index (χ0v) is 11.2. The summed E-state index contributed by atoms with van der Waals surface area (Å²) in [6, 6.07) is 0. The fourth-order valence-corrected chi connectivity index (χ4v) is 2.79. The van der Waals surface area contributed by atoms with E-state index in [2.05, 4.69) is 9.97 Å². The van der Waals surface area contributed by atoms with Gasteiger partial charge >= 0.3 is 0 Å². The Morgan fingerprint density at radius 3 is 2.67 bits per heavy atom. The number of aliphatic hydroxyl groups is 1. The number of nitrogen functional groups attached to an aromatic ring is 1. The number of anilines is 2. The van der Waals surface area contributed by atoms with Crippen molar-refractivity contribution in [1.82, 2.24) is 9.97 Å². The molecule has 1 fully saturated rings. The van der Waals surface area contributed by atoms with Crippen LogP contribution in [0.3, 0.4) is 0 Å². The van der Waals surface area contributed by atoms with Crippen LogP contribution in [0, 0.1) is 0 Å². The van der Waals surface area contributed by atoms with E-state index in [9.17, 15) is 5.11 Å². The summed E-state index contributed by atoms with van der Waals surface area (Å²) in [6.07, 6.45) is 6.25. The molecule has 1 aliphatic rings. The molecule has 100 valence electrons. The standard InChI is InChI=1S/C13H22N4O/c1-3-10-11(14)15-9-16-12(10)17(2)8-13(18)6-4-5-7-13/h9,18H,3-8H2,1-2H3,(H2,14,15,16). The van der Waals surface area contributed by atoms with E-state index >= 15 is 0 Å². The molecule has 1 saturated carbocycles. The van der Waals surface area contributed by atoms with Gasteiger partial charge in [-0.25, -0.2) is 9.97 Å². The Morgan fingerprint density at radius 2 is 2.06 bits per heavy atom. The summed E-state index contributed by atoms with van der Waals surface area (Å²) in [5, 5.41) is 10.4. The van der Waals surface area contributed by atoms with E-state index in [1.54, 1.807) is 0 Å². The summed E-state index contributed by atoms with van der Waals surface area (Å²) in [6.45, 7) is 2.65. The highest BCUT2D eigenvalue weighted by atomic mass is 16.3. The van der Waals surface area contributed by atoms with Crippen LogP contribution in [0.25, 0.3) is 0 Å². The van der Waals surface area contributed by atoms with E-state index in [1.165, 1.54) is 6.33 Å². The van der Waals surface area contributed by atoms with Gasteiger partial charge in [-0.3, -0.25) is 0 Å². The van der Waals surface area contributed by atoms with E-state index in [1.807, 2.05) is 18.9 Å². The molecular weight excluding hydrogens is 228 g/mol. The van der Waals surface area contributed by atoms with Crippen molar-refractivity contribution in [3.8, 4) is 0 Å². The van der Waals surface area contributed by atoms with Gasteiger partial charge in [0.15, 0.2) is 0 Å². The number of nitrogens with two attached hydrogens (primary N) is 1. The first-order valence-corrected chi connectivity index (χ1v) is 6.58. The molecule has 0 radical (unpaired) electrons. The van der Waals surface area contributed by atoms with Gasteiger partial charge in [0, 0.05) is 19.2 Å². The van der Waals surface area contributed by atoms with E-state index in [0.717, 1.165) is 43.5 Å². The maximum absolute atomic E-state index is 10.4. The van der Waals surface area contributed by atoms with Crippen molar-refractivity contribution in [2.45, 2.75) is 44.6 Å². The van der Waals surface area contributed by atoms with Gasteiger partial charge in [-0.1, -0.05) is 19.8 Å². The lowest BCUT2D eigenvalue weighted by Gasteiger charge is -2.30. The normalized spacial score (nSPS) is 17.9. The fourth-order valence-electron chi connectivity index (χ4n) is 2.79. The van der Waals surface area contributed by atoms with Crippen LogP contribution >= 0.6 is 0 Å². The molecule has 0 unspecified atom stereocenters.